The lowest BCUT2D eigenvalue weighted by Gasteiger charge is -2.11. The molecule has 2 aromatic carbocycles. The van der Waals surface area contributed by atoms with Crippen molar-refractivity contribution in [3.05, 3.63) is 69.3 Å². The van der Waals surface area contributed by atoms with E-state index in [0.717, 1.165) is 16.5 Å². The topological polar surface area (TPSA) is 59.1 Å². The van der Waals surface area contributed by atoms with Crippen molar-refractivity contribution in [2.24, 2.45) is 0 Å². The van der Waals surface area contributed by atoms with E-state index in [1.807, 2.05) is 30.3 Å². The zero-order valence-corrected chi connectivity index (χ0v) is 15.2. The van der Waals surface area contributed by atoms with E-state index in [0.29, 0.717) is 0 Å². The Hall–Kier alpha value is -1.37. The van der Waals surface area contributed by atoms with E-state index < -0.39 is 10.0 Å². The summed E-state index contributed by atoms with van der Waals surface area (Å²) in [6, 6.07) is 12.0. The summed E-state index contributed by atoms with van der Waals surface area (Å²) in [6.45, 7) is 0.0615. The van der Waals surface area contributed by atoms with Crippen LogP contribution in [0.25, 0.3) is 10.9 Å². The first-order chi connectivity index (χ1) is 11.4. The summed E-state index contributed by atoms with van der Waals surface area (Å²) < 4.78 is 27.6. The quantitative estimate of drug-likeness (QED) is 0.691. The van der Waals surface area contributed by atoms with Gasteiger partial charge in [-0.05, 0) is 23.8 Å². The fourth-order valence-electron chi connectivity index (χ4n) is 2.34. The molecule has 0 bridgehead atoms. The Kier molecular flexibility index (Phi) is 4.99. The Morgan fingerprint density at radius 1 is 1.00 bits per heavy atom. The van der Waals surface area contributed by atoms with Crippen LogP contribution in [0.3, 0.4) is 0 Å². The van der Waals surface area contributed by atoms with Crippen LogP contribution in [0.15, 0.2) is 53.6 Å². The second-order valence-electron chi connectivity index (χ2n) is 5.02. The molecule has 3 rings (SSSR count). The third-order valence-electron chi connectivity index (χ3n) is 3.40. The van der Waals surface area contributed by atoms with Gasteiger partial charge in [-0.25, -0.2) is 13.1 Å². The predicted octanol–water partition coefficient (Wildman–Crippen LogP) is 4.67. The number of sulfonamides is 1. The monoisotopic (exact) mass is 400 g/mol. The van der Waals surface area contributed by atoms with Gasteiger partial charge in [0.2, 0.25) is 10.0 Å². The van der Waals surface area contributed by atoms with E-state index >= 15 is 0 Å². The van der Waals surface area contributed by atoms with Gasteiger partial charge in [0, 0.05) is 23.2 Å². The molecule has 0 atom stereocenters. The fraction of sp³-hybridized carbons (Fsp3) is 0.0625. The molecule has 0 aliphatic rings. The molecule has 0 saturated heterocycles. The molecule has 0 fully saturated rings. The van der Waals surface area contributed by atoms with Crippen LogP contribution in [0.1, 0.15) is 5.56 Å². The van der Waals surface area contributed by atoms with Gasteiger partial charge in [0.1, 0.15) is 4.90 Å². The van der Waals surface area contributed by atoms with Crippen LogP contribution in [0.5, 0.6) is 0 Å². The summed E-state index contributed by atoms with van der Waals surface area (Å²) in [5.41, 5.74) is 1.48. The molecule has 0 aliphatic carbocycles. The van der Waals surface area contributed by atoms with Gasteiger partial charge in [-0.2, -0.15) is 0 Å². The highest BCUT2D eigenvalue weighted by Crippen LogP contribution is 2.32. The molecular weight excluding hydrogens is 391 g/mol. The summed E-state index contributed by atoms with van der Waals surface area (Å²) in [5.74, 6) is 0. The largest absolute Gasteiger partial charge is 0.256 e. The van der Waals surface area contributed by atoms with Crippen LogP contribution in [-0.4, -0.2) is 13.4 Å². The zero-order chi connectivity index (χ0) is 17.3. The molecule has 1 N–H and O–H groups in total. The molecule has 124 valence electrons. The maximum Gasteiger partial charge on any atom is 0.243 e. The van der Waals surface area contributed by atoms with Crippen LogP contribution >= 0.6 is 34.8 Å². The average Bonchev–Trinajstić information content (AvgIpc) is 2.51. The number of halogens is 3. The summed E-state index contributed by atoms with van der Waals surface area (Å²) in [7, 11) is -3.91. The molecule has 0 saturated carbocycles. The zero-order valence-electron chi connectivity index (χ0n) is 12.1. The van der Waals surface area contributed by atoms with Crippen molar-refractivity contribution >= 4 is 55.7 Å². The molecule has 0 spiro atoms. The number of nitrogens with one attached hydrogen (secondary N) is 1. The van der Waals surface area contributed by atoms with E-state index in [4.69, 9.17) is 34.8 Å². The van der Waals surface area contributed by atoms with E-state index in [1.54, 1.807) is 6.20 Å². The number of hydrogen-bond acceptors (Lipinski definition) is 3. The summed E-state index contributed by atoms with van der Waals surface area (Å²) in [5, 5.41) is 1.13. The summed E-state index contributed by atoms with van der Waals surface area (Å²) in [4.78, 5) is 4.11. The molecule has 0 amide bonds. The van der Waals surface area contributed by atoms with Crippen molar-refractivity contribution in [2.45, 2.75) is 11.4 Å². The van der Waals surface area contributed by atoms with Gasteiger partial charge in [0.15, 0.2) is 0 Å². The first-order valence-electron chi connectivity index (χ1n) is 6.85. The maximum atomic E-state index is 12.6. The first kappa shape index (κ1) is 17.5. The lowest BCUT2D eigenvalue weighted by Crippen LogP contribution is -2.24. The second kappa shape index (κ2) is 6.86. The van der Waals surface area contributed by atoms with Crippen molar-refractivity contribution in [1.29, 1.82) is 0 Å². The lowest BCUT2D eigenvalue weighted by molar-refractivity contribution is 0.581. The SMILES string of the molecule is O=S(=O)(NCc1cccc2cccnc12)c1c(Cl)cc(Cl)cc1Cl. The number of pyridine rings is 1. The third-order valence-corrected chi connectivity index (χ3v) is 5.94. The van der Waals surface area contributed by atoms with Gasteiger partial charge in [-0.15, -0.1) is 0 Å². The number of hydrogen-bond donors (Lipinski definition) is 1. The molecule has 0 unspecified atom stereocenters. The lowest BCUT2D eigenvalue weighted by atomic mass is 10.1. The fourth-order valence-corrected chi connectivity index (χ4v) is 4.89. The van der Waals surface area contributed by atoms with Crippen molar-refractivity contribution in [2.75, 3.05) is 0 Å². The molecule has 0 radical (unpaired) electrons. The van der Waals surface area contributed by atoms with Gasteiger partial charge in [-0.1, -0.05) is 59.1 Å². The minimum atomic E-state index is -3.91. The average molecular weight is 402 g/mol. The first-order valence-corrected chi connectivity index (χ1v) is 9.47. The van der Waals surface area contributed by atoms with Crippen molar-refractivity contribution in [1.82, 2.24) is 9.71 Å². The molecule has 0 aliphatic heterocycles. The summed E-state index contributed by atoms with van der Waals surface area (Å²) in [6.07, 6.45) is 1.66. The number of fused-ring (bicyclic) bond motifs is 1. The number of nitrogens with zero attached hydrogens (tertiary/aromatic N) is 1. The minimum absolute atomic E-state index is 0.0314. The molecule has 1 heterocycles. The van der Waals surface area contributed by atoms with Gasteiger partial charge < -0.3 is 0 Å². The van der Waals surface area contributed by atoms with Crippen molar-refractivity contribution < 1.29 is 8.42 Å². The third kappa shape index (κ3) is 3.50. The summed E-state index contributed by atoms with van der Waals surface area (Å²) >= 11 is 17.8. The van der Waals surface area contributed by atoms with E-state index in [9.17, 15) is 8.42 Å². The highest BCUT2D eigenvalue weighted by Gasteiger charge is 2.22. The molecule has 4 nitrogen and oxygen atoms in total. The van der Waals surface area contributed by atoms with Crippen LogP contribution in [0, 0.1) is 0 Å². The van der Waals surface area contributed by atoms with E-state index in [-0.39, 0.29) is 26.5 Å². The number of aromatic nitrogens is 1. The Bertz CT molecular complexity index is 995. The number of para-hydroxylation sites is 1. The smallest absolute Gasteiger partial charge is 0.243 e. The molecule has 24 heavy (non-hydrogen) atoms. The Morgan fingerprint density at radius 2 is 1.67 bits per heavy atom. The normalized spacial score (nSPS) is 11.8. The Balaban J connectivity index is 1.93. The van der Waals surface area contributed by atoms with Crippen LogP contribution in [0.4, 0.5) is 0 Å². The molecular formula is C16H11Cl3N2O2S. The van der Waals surface area contributed by atoms with Gasteiger partial charge >= 0.3 is 0 Å². The van der Waals surface area contributed by atoms with E-state index in [2.05, 4.69) is 9.71 Å². The Labute approximate surface area is 154 Å². The number of benzene rings is 2. The van der Waals surface area contributed by atoms with Crippen molar-refractivity contribution in [3.8, 4) is 0 Å². The molecule has 3 aromatic rings. The van der Waals surface area contributed by atoms with Crippen LogP contribution in [0.2, 0.25) is 15.1 Å². The number of rotatable bonds is 4. The van der Waals surface area contributed by atoms with Gasteiger partial charge in [0.25, 0.3) is 0 Å². The Morgan fingerprint density at radius 3 is 2.38 bits per heavy atom. The van der Waals surface area contributed by atoms with Crippen LogP contribution in [-0.2, 0) is 16.6 Å². The highest BCUT2D eigenvalue weighted by molar-refractivity contribution is 7.89. The molecule has 1 aromatic heterocycles. The molecule has 8 heteroatoms. The predicted molar refractivity (Wildman–Crippen MR) is 97.2 cm³/mol. The van der Waals surface area contributed by atoms with Crippen molar-refractivity contribution in [3.63, 3.8) is 0 Å². The highest BCUT2D eigenvalue weighted by atomic mass is 35.5. The minimum Gasteiger partial charge on any atom is -0.256 e. The van der Waals surface area contributed by atoms with Gasteiger partial charge in [-0.3, -0.25) is 4.98 Å². The van der Waals surface area contributed by atoms with E-state index in [1.165, 1.54) is 12.1 Å². The maximum absolute atomic E-state index is 12.6. The van der Waals surface area contributed by atoms with Gasteiger partial charge in [0.05, 0.1) is 15.6 Å². The van der Waals surface area contributed by atoms with Crippen LogP contribution < -0.4 is 4.72 Å². The second-order valence-corrected chi connectivity index (χ2v) is 7.97. The standard InChI is InChI=1S/C16H11Cl3N2O2S/c17-12-7-13(18)16(14(19)8-12)24(22,23)21-9-11-4-1-3-10-5-2-6-20-15(10)11/h1-8,21H,9H2.